The van der Waals surface area contributed by atoms with E-state index in [1.54, 1.807) is 18.2 Å². The number of nitrogens with two attached hydrogens (primary N) is 1. The quantitative estimate of drug-likeness (QED) is 0.583. The summed E-state index contributed by atoms with van der Waals surface area (Å²) >= 11 is 0. The van der Waals surface area contributed by atoms with E-state index in [1.165, 1.54) is 6.07 Å². The maximum absolute atomic E-state index is 12.3. The molecule has 1 unspecified atom stereocenters. The number of nitrogens with one attached hydrogen (secondary N) is 1. The molecule has 0 aromatic heterocycles. The number of ether oxygens (including phenoxy) is 2. The molecule has 102 valence electrons. The van der Waals surface area contributed by atoms with Crippen LogP contribution in [0.4, 0.5) is 8.78 Å². The molecule has 0 saturated heterocycles. The topological polar surface area (TPSA) is 56.5 Å². The van der Waals surface area contributed by atoms with Crippen LogP contribution in [0.2, 0.25) is 0 Å². The minimum Gasteiger partial charge on any atom is -0.434 e. The Labute approximate surface area is 105 Å². The molecule has 0 spiro atoms. The molecule has 0 fully saturated rings. The van der Waals surface area contributed by atoms with E-state index in [1.807, 2.05) is 13.8 Å². The molecular weight excluding hydrogens is 242 g/mol. The number of halogens is 2. The Morgan fingerprint density at radius 2 is 1.94 bits per heavy atom. The van der Waals surface area contributed by atoms with Crippen molar-refractivity contribution in [2.45, 2.75) is 32.6 Å². The van der Waals surface area contributed by atoms with Crippen molar-refractivity contribution in [2.24, 2.45) is 5.84 Å². The van der Waals surface area contributed by atoms with Gasteiger partial charge in [-0.1, -0.05) is 18.2 Å². The maximum Gasteiger partial charge on any atom is 0.387 e. The second-order valence-corrected chi connectivity index (χ2v) is 4.02. The van der Waals surface area contributed by atoms with Gasteiger partial charge in [0.25, 0.3) is 0 Å². The summed E-state index contributed by atoms with van der Waals surface area (Å²) in [6.45, 7) is 1.18. The summed E-state index contributed by atoms with van der Waals surface area (Å²) in [5.74, 6) is 5.52. The predicted octanol–water partition coefficient (Wildman–Crippen LogP) is 2.22. The highest BCUT2D eigenvalue weighted by molar-refractivity contribution is 5.36. The molecule has 1 atom stereocenters. The minimum atomic E-state index is -2.87. The summed E-state index contributed by atoms with van der Waals surface area (Å²) in [5, 5.41) is 0. The first kappa shape index (κ1) is 14.8. The van der Waals surface area contributed by atoms with Crippen LogP contribution >= 0.6 is 0 Å². The molecule has 18 heavy (non-hydrogen) atoms. The number of hydrazine groups is 1. The molecule has 1 rings (SSSR count). The molecule has 0 bridgehead atoms. The molecule has 1 aromatic rings. The zero-order valence-corrected chi connectivity index (χ0v) is 10.4. The highest BCUT2D eigenvalue weighted by Crippen LogP contribution is 2.26. The third kappa shape index (κ3) is 4.56. The van der Waals surface area contributed by atoms with Gasteiger partial charge in [0.15, 0.2) is 0 Å². The number of alkyl halides is 2. The van der Waals surface area contributed by atoms with E-state index in [0.717, 1.165) is 0 Å². The monoisotopic (exact) mass is 260 g/mol. The lowest BCUT2D eigenvalue weighted by atomic mass is 10.1. The van der Waals surface area contributed by atoms with Crippen LogP contribution in [0.5, 0.6) is 5.75 Å². The van der Waals surface area contributed by atoms with Crippen LogP contribution in [0.15, 0.2) is 24.3 Å². The normalized spacial score (nSPS) is 13.1. The largest absolute Gasteiger partial charge is 0.434 e. The first-order valence-corrected chi connectivity index (χ1v) is 5.66. The zero-order chi connectivity index (χ0) is 13.5. The number of hydrogen-bond donors (Lipinski definition) is 2. The van der Waals surface area contributed by atoms with Crippen molar-refractivity contribution in [2.75, 3.05) is 6.61 Å². The summed E-state index contributed by atoms with van der Waals surface area (Å²) in [7, 11) is 0. The molecular formula is C12H18F2N2O2. The van der Waals surface area contributed by atoms with Gasteiger partial charge in [-0.05, 0) is 19.9 Å². The van der Waals surface area contributed by atoms with Crippen LogP contribution in [-0.4, -0.2) is 19.3 Å². The average molecular weight is 260 g/mol. The lowest BCUT2D eigenvalue weighted by Crippen LogP contribution is -2.32. The highest BCUT2D eigenvalue weighted by atomic mass is 19.3. The van der Waals surface area contributed by atoms with Crippen LogP contribution < -0.4 is 16.0 Å². The van der Waals surface area contributed by atoms with Gasteiger partial charge >= 0.3 is 6.61 Å². The van der Waals surface area contributed by atoms with Gasteiger partial charge in [0.05, 0.1) is 18.8 Å². The van der Waals surface area contributed by atoms with Gasteiger partial charge in [0, 0.05) is 5.56 Å². The van der Waals surface area contributed by atoms with Crippen molar-refractivity contribution in [1.29, 1.82) is 0 Å². The van der Waals surface area contributed by atoms with Gasteiger partial charge in [-0.2, -0.15) is 8.78 Å². The Hall–Kier alpha value is -1.24. The van der Waals surface area contributed by atoms with E-state index in [9.17, 15) is 8.78 Å². The molecule has 6 heteroatoms. The van der Waals surface area contributed by atoms with Crippen molar-refractivity contribution < 1.29 is 18.3 Å². The lowest BCUT2D eigenvalue weighted by Gasteiger charge is -2.20. The standard InChI is InChI=1S/C12H18F2N2O2/c1-8(2)17-7-10(16-15)9-5-3-4-6-11(9)18-12(13)14/h3-6,8,10,12,16H,7,15H2,1-2H3. The lowest BCUT2D eigenvalue weighted by molar-refractivity contribution is -0.0511. The third-order valence-electron chi connectivity index (χ3n) is 2.31. The number of para-hydroxylation sites is 1. The summed E-state index contributed by atoms with van der Waals surface area (Å²) in [6.07, 6.45) is 0.0315. The fraction of sp³-hybridized carbons (Fsp3) is 0.500. The summed E-state index contributed by atoms with van der Waals surface area (Å²) in [4.78, 5) is 0. The van der Waals surface area contributed by atoms with Crippen molar-refractivity contribution >= 4 is 0 Å². The Morgan fingerprint density at radius 1 is 1.28 bits per heavy atom. The van der Waals surface area contributed by atoms with Crippen LogP contribution in [0.3, 0.4) is 0 Å². The molecule has 4 nitrogen and oxygen atoms in total. The molecule has 3 N–H and O–H groups in total. The van der Waals surface area contributed by atoms with Gasteiger partial charge in [0.1, 0.15) is 5.75 Å². The van der Waals surface area contributed by atoms with Crippen LogP contribution in [-0.2, 0) is 4.74 Å². The predicted molar refractivity (Wildman–Crippen MR) is 64.2 cm³/mol. The van der Waals surface area contributed by atoms with Crippen molar-refractivity contribution in [3.8, 4) is 5.75 Å². The van der Waals surface area contributed by atoms with Gasteiger partial charge in [-0.3, -0.25) is 11.3 Å². The maximum atomic E-state index is 12.3. The minimum absolute atomic E-state index is 0.0315. The average Bonchev–Trinajstić information content (AvgIpc) is 2.30. The molecule has 0 aliphatic carbocycles. The van der Waals surface area contributed by atoms with Crippen LogP contribution in [0.1, 0.15) is 25.5 Å². The van der Waals surface area contributed by atoms with E-state index in [2.05, 4.69) is 10.2 Å². The van der Waals surface area contributed by atoms with E-state index in [-0.39, 0.29) is 18.5 Å². The SMILES string of the molecule is CC(C)OCC(NN)c1ccccc1OC(F)F. The first-order valence-electron chi connectivity index (χ1n) is 5.66. The van der Waals surface area contributed by atoms with E-state index in [0.29, 0.717) is 5.56 Å². The molecule has 0 saturated carbocycles. The number of benzene rings is 1. The zero-order valence-electron chi connectivity index (χ0n) is 10.4. The van der Waals surface area contributed by atoms with Crippen molar-refractivity contribution in [3.63, 3.8) is 0 Å². The Morgan fingerprint density at radius 3 is 2.50 bits per heavy atom. The Balaban J connectivity index is 2.83. The van der Waals surface area contributed by atoms with Crippen LogP contribution in [0, 0.1) is 0 Å². The third-order valence-corrected chi connectivity index (χ3v) is 2.31. The van der Waals surface area contributed by atoms with Gasteiger partial charge in [0.2, 0.25) is 0 Å². The molecule has 0 heterocycles. The summed E-state index contributed by atoms with van der Waals surface area (Å²) in [5.41, 5.74) is 3.08. The van der Waals surface area contributed by atoms with E-state index < -0.39 is 12.7 Å². The molecule has 0 aliphatic rings. The fourth-order valence-corrected chi connectivity index (χ4v) is 1.49. The second kappa shape index (κ2) is 7.25. The van der Waals surface area contributed by atoms with E-state index in [4.69, 9.17) is 10.6 Å². The highest BCUT2D eigenvalue weighted by Gasteiger charge is 2.17. The van der Waals surface area contributed by atoms with Gasteiger partial charge in [-0.15, -0.1) is 0 Å². The van der Waals surface area contributed by atoms with Crippen molar-refractivity contribution in [1.82, 2.24) is 5.43 Å². The van der Waals surface area contributed by atoms with Crippen molar-refractivity contribution in [3.05, 3.63) is 29.8 Å². The van der Waals surface area contributed by atoms with Crippen LogP contribution in [0.25, 0.3) is 0 Å². The Bertz CT molecular complexity index is 362. The first-order chi connectivity index (χ1) is 8.54. The number of hydrogen-bond acceptors (Lipinski definition) is 4. The molecule has 1 aromatic carbocycles. The van der Waals surface area contributed by atoms with E-state index >= 15 is 0 Å². The number of rotatable bonds is 7. The molecule has 0 aliphatic heterocycles. The molecule has 0 amide bonds. The van der Waals surface area contributed by atoms with Gasteiger partial charge < -0.3 is 9.47 Å². The smallest absolute Gasteiger partial charge is 0.387 e. The second-order valence-electron chi connectivity index (χ2n) is 4.02. The Kier molecular flexibility index (Phi) is 5.97. The summed E-state index contributed by atoms with van der Waals surface area (Å²) < 4.78 is 34.4. The summed E-state index contributed by atoms with van der Waals surface area (Å²) in [6, 6.07) is 6.10. The van der Waals surface area contributed by atoms with Gasteiger partial charge in [-0.25, -0.2) is 0 Å². The fourth-order valence-electron chi connectivity index (χ4n) is 1.49. The molecule has 0 radical (unpaired) electrons.